The van der Waals surface area contributed by atoms with Gasteiger partial charge in [-0.3, -0.25) is 28.7 Å². The minimum Gasteiger partial charge on any atom is -0.469 e. The Morgan fingerprint density at radius 1 is 0.913 bits per heavy atom. The van der Waals surface area contributed by atoms with Crippen LogP contribution >= 0.6 is 22.7 Å². The summed E-state index contributed by atoms with van der Waals surface area (Å²) in [5.41, 5.74) is 10.5. The lowest BCUT2D eigenvalue weighted by atomic mass is 9.85. The molecular formula is C52H58N8O7S2. The number of thiazole rings is 1. The molecule has 8 rings (SSSR count). The Hall–Kier alpha value is -6.40. The minimum atomic E-state index is -0.994. The molecule has 3 N–H and O–H groups in total. The van der Waals surface area contributed by atoms with Crippen LogP contribution in [0.3, 0.4) is 0 Å². The summed E-state index contributed by atoms with van der Waals surface area (Å²) < 4.78 is 13.0. The molecule has 1 fully saturated rings. The summed E-state index contributed by atoms with van der Waals surface area (Å²) >= 11 is 3.22. The molecule has 0 unspecified atom stereocenters. The average molecular weight is 971 g/mol. The number of nitrogens with zero attached hydrogens (tertiary/aromatic N) is 6. The topological polar surface area (TPSA) is 190 Å². The Labute approximate surface area is 410 Å². The molecule has 3 amide bonds. The molecule has 0 aliphatic carbocycles. The highest BCUT2D eigenvalue weighted by Gasteiger charge is 2.45. The molecule has 15 nitrogen and oxygen atoms in total. The van der Waals surface area contributed by atoms with E-state index in [1.807, 2.05) is 124 Å². The number of fused-ring (bicyclic) bond motifs is 3. The maximum absolute atomic E-state index is 14.2. The number of β-amino-alcohol motifs (C(OH)–C–C–N with tert-alkyl or cyclic N) is 1. The van der Waals surface area contributed by atoms with Crippen molar-refractivity contribution in [2.75, 3.05) is 20.3 Å². The standard InChI is InChI=1S/C52H58N8O7S2/c1-28-31(4)69-51-44(28)45(55-40(23-43(63)66-9)48-58-57-32(5)60(48)51)36-17-15-35(16-18-36)38-12-10-11-33(21-38)25-67-26-42(62)56-47(52(6,7)8)50(65)59-24-39(61)22-41(59)49(64)54-29(2)34-13-19-37(20-14-34)46-30(3)53-27-68-46/h10-21,27,29,39-41,47,61H,22-26H2,1-9H3,(H,54,64)(H,56,62)/t29-,39+,40-,41-,47+/m0/s1. The molecule has 1 saturated heterocycles. The molecule has 69 heavy (non-hydrogen) atoms. The van der Waals surface area contributed by atoms with E-state index in [2.05, 4.69) is 39.7 Å². The molecule has 17 heteroatoms. The number of methoxy groups -OCH3 is 1. The molecule has 360 valence electrons. The number of likely N-dealkylation sites (tertiary alicyclic amines) is 1. The summed E-state index contributed by atoms with van der Waals surface area (Å²) in [7, 11) is 1.37. The zero-order valence-corrected chi connectivity index (χ0v) is 42.0. The van der Waals surface area contributed by atoms with Crippen molar-refractivity contribution in [1.29, 1.82) is 0 Å². The number of ether oxygens (including phenoxy) is 2. The number of esters is 1. The van der Waals surface area contributed by atoms with Gasteiger partial charge in [0.05, 0.1) is 54.1 Å². The molecule has 2 aliphatic rings. The number of aromatic nitrogens is 4. The van der Waals surface area contributed by atoms with Gasteiger partial charge in [-0.15, -0.1) is 32.9 Å². The lowest BCUT2D eigenvalue weighted by Gasteiger charge is -2.35. The van der Waals surface area contributed by atoms with E-state index in [0.29, 0.717) is 11.6 Å². The molecule has 3 aromatic carbocycles. The monoisotopic (exact) mass is 970 g/mol. The van der Waals surface area contributed by atoms with E-state index in [1.54, 1.807) is 22.7 Å². The molecule has 0 radical (unpaired) electrons. The number of nitrogens with one attached hydrogen (secondary N) is 2. The van der Waals surface area contributed by atoms with E-state index < -0.39 is 41.5 Å². The van der Waals surface area contributed by atoms with E-state index in [4.69, 9.17) is 14.5 Å². The fraction of sp³-hybridized carbons (Fsp3) is 0.385. The molecule has 6 aromatic rings. The number of aryl methyl sites for hydroxylation is 3. The first kappa shape index (κ1) is 49.0. The summed E-state index contributed by atoms with van der Waals surface area (Å²) in [6.45, 7) is 15.3. The van der Waals surface area contributed by atoms with Crippen LogP contribution in [0.15, 0.2) is 83.3 Å². The van der Waals surface area contributed by atoms with Crippen molar-refractivity contribution in [1.82, 2.24) is 35.3 Å². The summed E-state index contributed by atoms with van der Waals surface area (Å²) in [5, 5.41) is 26.4. The maximum Gasteiger partial charge on any atom is 0.308 e. The second-order valence-electron chi connectivity index (χ2n) is 18.8. The van der Waals surface area contributed by atoms with E-state index in [1.165, 1.54) is 12.0 Å². The van der Waals surface area contributed by atoms with Gasteiger partial charge in [-0.05, 0) is 79.5 Å². The number of carbonyl (C=O) groups is 4. The predicted octanol–water partition coefficient (Wildman–Crippen LogP) is 7.69. The highest BCUT2D eigenvalue weighted by atomic mass is 32.1. The number of rotatable bonds is 14. The van der Waals surface area contributed by atoms with Gasteiger partial charge in [-0.1, -0.05) is 87.5 Å². The van der Waals surface area contributed by atoms with Crippen molar-refractivity contribution in [3.8, 4) is 26.6 Å². The first-order valence-electron chi connectivity index (χ1n) is 22.9. The zero-order chi connectivity index (χ0) is 49.3. The Morgan fingerprint density at radius 3 is 2.30 bits per heavy atom. The van der Waals surface area contributed by atoms with Crippen LogP contribution in [-0.2, 0) is 35.3 Å². The lowest BCUT2D eigenvalue weighted by Crippen LogP contribution is -2.58. The van der Waals surface area contributed by atoms with Gasteiger partial charge >= 0.3 is 5.97 Å². The molecular weight excluding hydrogens is 913 g/mol. The van der Waals surface area contributed by atoms with Gasteiger partial charge < -0.3 is 30.1 Å². The van der Waals surface area contributed by atoms with Crippen LogP contribution in [0.4, 0.5) is 0 Å². The third-order valence-electron chi connectivity index (χ3n) is 12.8. The SMILES string of the molecule is COC(=O)C[C@@H]1N=C(c2ccc(-c3cccc(COCC(=O)N[C@H](C(=O)N4C[C@H](O)C[C@H]4C(=O)N[C@@H](C)c4ccc(-c5scnc5C)cc4)C(C)(C)C)c3)cc2)c2c(sc(C)c2C)-n2c(C)nnc21. The van der Waals surface area contributed by atoms with Crippen LogP contribution in [0, 0.1) is 33.1 Å². The first-order chi connectivity index (χ1) is 32.9. The molecule has 5 atom stereocenters. The van der Waals surface area contributed by atoms with Crippen LogP contribution in [-0.4, -0.2) is 97.6 Å². The van der Waals surface area contributed by atoms with Gasteiger partial charge in [-0.25, -0.2) is 4.98 Å². The fourth-order valence-corrected chi connectivity index (χ4v) is 10.9. The van der Waals surface area contributed by atoms with Crippen molar-refractivity contribution in [2.45, 2.75) is 105 Å². The molecule has 3 aromatic heterocycles. The highest BCUT2D eigenvalue weighted by Crippen LogP contribution is 2.40. The number of hydrogen-bond acceptors (Lipinski definition) is 13. The number of amides is 3. The Balaban J connectivity index is 0.901. The van der Waals surface area contributed by atoms with Gasteiger partial charge in [0.25, 0.3) is 0 Å². The van der Waals surface area contributed by atoms with Gasteiger partial charge in [0.1, 0.15) is 35.6 Å². The number of benzene rings is 3. The number of carbonyl (C=O) groups excluding carboxylic acids is 4. The summed E-state index contributed by atoms with van der Waals surface area (Å²) in [4.78, 5) is 67.2. The van der Waals surface area contributed by atoms with Gasteiger partial charge in [0.2, 0.25) is 17.7 Å². The third kappa shape index (κ3) is 10.5. The predicted molar refractivity (Wildman–Crippen MR) is 266 cm³/mol. The van der Waals surface area contributed by atoms with Crippen LogP contribution in [0.2, 0.25) is 0 Å². The zero-order valence-electron chi connectivity index (χ0n) is 40.3. The second-order valence-corrected chi connectivity index (χ2v) is 20.9. The van der Waals surface area contributed by atoms with Crippen LogP contribution in [0.1, 0.15) is 103 Å². The Morgan fingerprint density at radius 2 is 1.62 bits per heavy atom. The first-order valence-corrected chi connectivity index (χ1v) is 24.6. The summed E-state index contributed by atoms with van der Waals surface area (Å²) in [6.07, 6.45) is -0.791. The van der Waals surface area contributed by atoms with Crippen LogP contribution in [0.25, 0.3) is 26.6 Å². The average Bonchev–Trinajstić information content (AvgIpc) is 4.09. The number of aliphatic imine (C=N–C) groups is 1. The van der Waals surface area contributed by atoms with E-state index in [9.17, 15) is 24.3 Å². The smallest absolute Gasteiger partial charge is 0.308 e. The largest absolute Gasteiger partial charge is 0.469 e. The quantitative estimate of drug-likeness (QED) is 0.0913. The fourth-order valence-electron chi connectivity index (χ4n) is 8.91. The van der Waals surface area contributed by atoms with Crippen LogP contribution in [0.5, 0.6) is 0 Å². The van der Waals surface area contributed by atoms with Crippen LogP contribution < -0.4 is 10.6 Å². The Bertz CT molecular complexity index is 2910. The van der Waals surface area contributed by atoms with Gasteiger partial charge in [0, 0.05) is 29.0 Å². The number of thiophene rings is 1. The molecule has 0 spiro atoms. The Kier molecular flexibility index (Phi) is 14.4. The molecule has 0 bridgehead atoms. The van der Waals surface area contributed by atoms with E-state index in [-0.39, 0.29) is 50.5 Å². The minimum absolute atomic E-state index is 0.0192. The molecule has 2 aliphatic heterocycles. The maximum atomic E-state index is 14.2. The van der Waals surface area contributed by atoms with E-state index in [0.717, 1.165) is 70.7 Å². The van der Waals surface area contributed by atoms with E-state index >= 15 is 0 Å². The van der Waals surface area contributed by atoms with Gasteiger partial charge in [0.15, 0.2) is 5.82 Å². The normalized spacial score (nSPS) is 17.6. The molecule has 0 saturated carbocycles. The van der Waals surface area contributed by atoms with Crippen molar-refractivity contribution in [2.24, 2.45) is 10.4 Å². The molecule has 5 heterocycles. The van der Waals surface area contributed by atoms with Crippen molar-refractivity contribution < 1.29 is 33.8 Å². The van der Waals surface area contributed by atoms with Crippen molar-refractivity contribution in [3.63, 3.8) is 0 Å². The number of hydrogen-bond donors (Lipinski definition) is 3. The summed E-state index contributed by atoms with van der Waals surface area (Å²) in [5.74, 6) is -0.388. The number of aliphatic hydroxyl groups is 1. The highest BCUT2D eigenvalue weighted by molar-refractivity contribution is 7.15. The number of aliphatic hydroxyl groups excluding tert-OH is 1. The summed E-state index contributed by atoms with van der Waals surface area (Å²) in [6, 6.07) is 21.1. The van der Waals surface area contributed by atoms with Gasteiger partial charge in [-0.2, -0.15) is 0 Å². The van der Waals surface area contributed by atoms with Crippen molar-refractivity contribution in [3.05, 3.63) is 128 Å². The van der Waals surface area contributed by atoms with Crippen molar-refractivity contribution >= 4 is 52.1 Å². The second kappa shape index (κ2) is 20.3. The lowest BCUT2D eigenvalue weighted by molar-refractivity contribution is -0.144. The third-order valence-corrected chi connectivity index (χ3v) is 15.0.